The van der Waals surface area contributed by atoms with E-state index in [1.165, 1.54) is 12.1 Å². The highest BCUT2D eigenvalue weighted by atomic mass is 32.2. The van der Waals surface area contributed by atoms with Crippen molar-refractivity contribution in [3.05, 3.63) is 54.1 Å². The van der Waals surface area contributed by atoms with Gasteiger partial charge < -0.3 is 9.47 Å². The Bertz CT molecular complexity index is 1030. The van der Waals surface area contributed by atoms with Crippen LogP contribution < -0.4 is 10.2 Å². The van der Waals surface area contributed by atoms with Crippen LogP contribution in [0.1, 0.15) is 18.9 Å². The first kappa shape index (κ1) is 21.8. The summed E-state index contributed by atoms with van der Waals surface area (Å²) in [5.41, 5.74) is 1.45. The van der Waals surface area contributed by atoms with Crippen molar-refractivity contribution in [3.8, 4) is 11.5 Å². The fraction of sp³-hybridized carbons (Fsp3) is 0.333. The predicted molar refractivity (Wildman–Crippen MR) is 107 cm³/mol. The van der Waals surface area contributed by atoms with Gasteiger partial charge in [-0.15, -0.1) is 0 Å². The Kier molecular flexibility index (Phi) is 6.14. The summed E-state index contributed by atoms with van der Waals surface area (Å²) in [6.45, 7) is 1.91. The number of ether oxygens (including phenoxy) is 2. The molecule has 2 aromatic rings. The van der Waals surface area contributed by atoms with Gasteiger partial charge in [-0.25, -0.2) is 13.9 Å². The molecular formula is C21H23NO7S. The monoisotopic (exact) mass is 433 g/mol. The molecule has 2 N–H and O–H groups in total. The Morgan fingerprint density at radius 2 is 1.67 bits per heavy atom. The second kappa shape index (κ2) is 8.45. The molecule has 0 aliphatic heterocycles. The van der Waals surface area contributed by atoms with E-state index in [2.05, 4.69) is 0 Å². The number of carbonyl (C=O) groups excluding carboxylic acids is 2. The molecule has 0 radical (unpaired) electrons. The zero-order valence-corrected chi connectivity index (χ0v) is 17.4. The number of amides is 1. The molecule has 2 aromatic carbocycles. The van der Waals surface area contributed by atoms with Gasteiger partial charge in [-0.2, -0.15) is 0 Å². The standard InChI is InChI=1S/C21H23NO7S/c1-3-28-20(24)21(13-18(21)19(23)22-25)12-14-4-6-15(7-5-14)29-16-8-10-17(11-9-16)30(2,26)27/h4-11,18,25H,3,12-13H2,1-2H3,(H,22,23)/t18-,21+/m1/s1. The molecule has 0 aromatic heterocycles. The van der Waals surface area contributed by atoms with Crippen molar-refractivity contribution in [1.29, 1.82) is 0 Å². The maximum absolute atomic E-state index is 12.4. The zero-order chi connectivity index (χ0) is 21.9. The van der Waals surface area contributed by atoms with E-state index in [0.717, 1.165) is 11.8 Å². The van der Waals surface area contributed by atoms with Crippen LogP contribution in [0.3, 0.4) is 0 Å². The van der Waals surface area contributed by atoms with Gasteiger partial charge in [0, 0.05) is 6.26 Å². The van der Waals surface area contributed by atoms with E-state index in [4.69, 9.17) is 14.7 Å². The summed E-state index contributed by atoms with van der Waals surface area (Å²) >= 11 is 0. The average molecular weight is 433 g/mol. The van der Waals surface area contributed by atoms with Gasteiger partial charge in [-0.3, -0.25) is 14.8 Å². The molecule has 160 valence electrons. The van der Waals surface area contributed by atoms with Crippen molar-refractivity contribution in [3.63, 3.8) is 0 Å². The van der Waals surface area contributed by atoms with E-state index in [9.17, 15) is 18.0 Å². The van der Waals surface area contributed by atoms with Crippen LogP contribution in [0.15, 0.2) is 53.4 Å². The van der Waals surface area contributed by atoms with E-state index >= 15 is 0 Å². The minimum absolute atomic E-state index is 0.207. The molecule has 0 saturated heterocycles. The first-order chi connectivity index (χ1) is 14.2. The van der Waals surface area contributed by atoms with E-state index in [-0.39, 0.29) is 11.5 Å². The van der Waals surface area contributed by atoms with Crippen molar-refractivity contribution < 1.29 is 32.7 Å². The molecule has 0 bridgehead atoms. The lowest BCUT2D eigenvalue weighted by molar-refractivity contribution is -0.152. The van der Waals surface area contributed by atoms with Crippen LogP contribution in [0.2, 0.25) is 0 Å². The number of hydrogen-bond donors (Lipinski definition) is 2. The summed E-state index contributed by atoms with van der Waals surface area (Å²) in [6.07, 6.45) is 1.75. The minimum Gasteiger partial charge on any atom is -0.466 e. The lowest BCUT2D eigenvalue weighted by Crippen LogP contribution is -2.30. The second-order valence-electron chi connectivity index (χ2n) is 7.28. The molecule has 2 atom stereocenters. The summed E-state index contributed by atoms with van der Waals surface area (Å²) in [6, 6.07) is 13.1. The predicted octanol–water partition coefficient (Wildman–Crippen LogP) is 2.50. The summed E-state index contributed by atoms with van der Waals surface area (Å²) in [4.78, 5) is 24.4. The van der Waals surface area contributed by atoms with Gasteiger partial charge in [0.1, 0.15) is 11.5 Å². The molecule has 1 aliphatic rings. The largest absolute Gasteiger partial charge is 0.466 e. The molecule has 3 rings (SSSR count). The highest BCUT2D eigenvalue weighted by molar-refractivity contribution is 7.90. The maximum Gasteiger partial charge on any atom is 0.313 e. The first-order valence-electron chi connectivity index (χ1n) is 9.37. The van der Waals surface area contributed by atoms with E-state index in [0.29, 0.717) is 24.3 Å². The van der Waals surface area contributed by atoms with Crippen LogP contribution in [0, 0.1) is 11.3 Å². The molecule has 1 amide bonds. The Morgan fingerprint density at radius 3 is 2.17 bits per heavy atom. The maximum atomic E-state index is 12.4. The topological polar surface area (TPSA) is 119 Å². The molecule has 1 aliphatic carbocycles. The summed E-state index contributed by atoms with van der Waals surface area (Å²) in [5.74, 6) is -0.659. The van der Waals surface area contributed by atoms with Crippen LogP contribution in [0.4, 0.5) is 0 Å². The Balaban J connectivity index is 1.70. The SMILES string of the molecule is CCOC(=O)[C@@]1(Cc2ccc(Oc3ccc(S(C)(=O)=O)cc3)cc2)C[C@@H]1C(=O)NO. The Hall–Kier alpha value is -2.91. The molecule has 9 heteroatoms. The fourth-order valence-corrected chi connectivity index (χ4v) is 4.06. The molecule has 0 heterocycles. The molecule has 0 unspecified atom stereocenters. The smallest absolute Gasteiger partial charge is 0.313 e. The number of rotatable bonds is 8. The third-order valence-electron chi connectivity index (χ3n) is 5.11. The van der Waals surface area contributed by atoms with Crippen LogP contribution in [0.25, 0.3) is 0 Å². The van der Waals surface area contributed by atoms with Crippen molar-refractivity contribution in [2.24, 2.45) is 11.3 Å². The number of nitrogens with one attached hydrogen (secondary N) is 1. The highest BCUT2D eigenvalue weighted by Gasteiger charge is 2.64. The van der Waals surface area contributed by atoms with Crippen LogP contribution in [0.5, 0.6) is 11.5 Å². The number of carbonyl (C=O) groups is 2. The highest BCUT2D eigenvalue weighted by Crippen LogP contribution is 2.56. The van der Waals surface area contributed by atoms with Crippen LogP contribution in [-0.4, -0.2) is 38.4 Å². The Labute approximate surface area is 174 Å². The first-order valence-corrected chi connectivity index (χ1v) is 11.3. The van der Waals surface area contributed by atoms with E-state index in [1.54, 1.807) is 48.8 Å². The lowest BCUT2D eigenvalue weighted by Gasteiger charge is -2.16. The summed E-state index contributed by atoms with van der Waals surface area (Å²) in [7, 11) is -3.27. The molecule has 8 nitrogen and oxygen atoms in total. The third-order valence-corrected chi connectivity index (χ3v) is 6.24. The van der Waals surface area contributed by atoms with Gasteiger partial charge in [0.25, 0.3) is 0 Å². The molecule has 0 spiro atoms. The molecular weight excluding hydrogens is 410 g/mol. The minimum atomic E-state index is -3.27. The normalized spacial score (nSPS) is 20.3. The summed E-state index contributed by atoms with van der Waals surface area (Å²) < 4.78 is 33.9. The van der Waals surface area contributed by atoms with Crippen LogP contribution >= 0.6 is 0 Å². The fourth-order valence-electron chi connectivity index (χ4n) is 3.43. The van der Waals surface area contributed by atoms with Crippen LogP contribution in [-0.2, 0) is 30.6 Å². The van der Waals surface area contributed by atoms with Gasteiger partial charge >= 0.3 is 5.97 Å². The lowest BCUT2D eigenvalue weighted by atomic mass is 9.93. The van der Waals surface area contributed by atoms with Gasteiger partial charge in [-0.05, 0) is 61.7 Å². The van der Waals surface area contributed by atoms with Gasteiger partial charge in [0.2, 0.25) is 5.91 Å². The molecule has 1 saturated carbocycles. The molecule has 1 fully saturated rings. The van der Waals surface area contributed by atoms with Crippen molar-refractivity contribution in [2.75, 3.05) is 12.9 Å². The van der Waals surface area contributed by atoms with E-state index < -0.39 is 33.0 Å². The zero-order valence-electron chi connectivity index (χ0n) is 16.6. The number of hydroxylamine groups is 1. The average Bonchev–Trinajstić information content (AvgIpc) is 3.44. The van der Waals surface area contributed by atoms with Gasteiger partial charge in [-0.1, -0.05) is 12.1 Å². The molecule has 30 heavy (non-hydrogen) atoms. The van der Waals surface area contributed by atoms with E-state index in [1.807, 2.05) is 0 Å². The quantitative estimate of drug-likeness (QED) is 0.373. The van der Waals surface area contributed by atoms with Crippen molar-refractivity contribution in [2.45, 2.75) is 24.7 Å². The number of hydrogen-bond acceptors (Lipinski definition) is 7. The number of sulfone groups is 1. The third kappa shape index (κ3) is 4.63. The van der Waals surface area contributed by atoms with Crippen molar-refractivity contribution >= 4 is 21.7 Å². The van der Waals surface area contributed by atoms with Crippen molar-refractivity contribution in [1.82, 2.24) is 5.48 Å². The van der Waals surface area contributed by atoms with Gasteiger partial charge in [0.15, 0.2) is 9.84 Å². The van der Waals surface area contributed by atoms with Gasteiger partial charge in [0.05, 0.1) is 22.8 Å². The number of esters is 1. The number of benzene rings is 2. The summed E-state index contributed by atoms with van der Waals surface area (Å²) in [5, 5.41) is 8.89. The Morgan fingerprint density at radius 1 is 1.10 bits per heavy atom. The second-order valence-corrected chi connectivity index (χ2v) is 9.29.